The molecule has 0 aliphatic carbocycles. The minimum Gasteiger partial charge on any atom is -0.504 e. The third-order valence-electron chi connectivity index (χ3n) is 2.86. The quantitative estimate of drug-likeness (QED) is 0.715. The smallest absolute Gasteiger partial charge is 0.243 e. The lowest BCUT2D eigenvalue weighted by Gasteiger charge is -2.03. The molecule has 0 spiro atoms. The number of phenols is 2. The van der Waals surface area contributed by atoms with Crippen LogP contribution >= 0.6 is 0 Å². The van der Waals surface area contributed by atoms with Crippen LogP contribution in [0.1, 0.15) is 38.1 Å². The Morgan fingerprint density at radius 1 is 1.32 bits per heavy atom. The lowest BCUT2D eigenvalue weighted by atomic mass is 10.1. The summed E-state index contributed by atoms with van der Waals surface area (Å²) in [6.45, 7) is 2.09. The second-order valence-corrected chi connectivity index (χ2v) is 4.41. The van der Waals surface area contributed by atoms with E-state index in [0.29, 0.717) is 17.3 Å². The number of hydrogen-bond acceptors (Lipinski definition) is 6. The van der Waals surface area contributed by atoms with Gasteiger partial charge in [0.2, 0.25) is 11.7 Å². The Morgan fingerprint density at radius 2 is 2.11 bits per heavy atom. The van der Waals surface area contributed by atoms with Crippen molar-refractivity contribution in [3.8, 4) is 22.9 Å². The number of rotatable bonds is 5. The van der Waals surface area contributed by atoms with Crippen molar-refractivity contribution in [2.75, 3.05) is 0 Å². The summed E-state index contributed by atoms with van der Waals surface area (Å²) in [5, 5.41) is 22.5. The molecule has 0 saturated carbocycles. The van der Waals surface area contributed by atoms with Crippen molar-refractivity contribution in [2.45, 2.75) is 32.2 Å². The van der Waals surface area contributed by atoms with Crippen molar-refractivity contribution in [3.05, 3.63) is 24.1 Å². The monoisotopic (exact) mass is 263 g/mol. The number of unbranched alkanes of at least 4 members (excludes halogenated alkanes) is 1. The summed E-state index contributed by atoms with van der Waals surface area (Å²) in [7, 11) is 0. The van der Waals surface area contributed by atoms with Crippen molar-refractivity contribution in [1.82, 2.24) is 10.1 Å². The Labute approximate surface area is 110 Å². The van der Waals surface area contributed by atoms with Crippen molar-refractivity contribution < 1.29 is 14.7 Å². The van der Waals surface area contributed by atoms with Crippen LogP contribution in [0.3, 0.4) is 0 Å². The minimum absolute atomic E-state index is 0.188. The first kappa shape index (κ1) is 13.4. The molecule has 0 unspecified atom stereocenters. The summed E-state index contributed by atoms with van der Waals surface area (Å²) in [5.74, 6) is 0.319. The van der Waals surface area contributed by atoms with Crippen LogP contribution in [-0.4, -0.2) is 20.4 Å². The first-order valence-electron chi connectivity index (χ1n) is 6.23. The molecule has 6 nitrogen and oxygen atoms in total. The van der Waals surface area contributed by atoms with Gasteiger partial charge in [0, 0.05) is 5.56 Å². The van der Waals surface area contributed by atoms with Crippen LogP contribution in [0, 0.1) is 0 Å². The van der Waals surface area contributed by atoms with E-state index in [1.54, 1.807) is 6.07 Å². The number of phenolic OH excluding ortho intramolecular Hbond substituents is 2. The van der Waals surface area contributed by atoms with Gasteiger partial charge >= 0.3 is 0 Å². The molecule has 2 aromatic rings. The van der Waals surface area contributed by atoms with Gasteiger partial charge in [0.25, 0.3) is 0 Å². The van der Waals surface area contributed by atoms with Gasteiger partial charge < -0.3 is 20.5 Å². The highest BCUT2D eigenvalue weighted by atomic mass is 16.5. The largest absolute Gasteiger partial charge is 0.504 e. The number of nitrogens with zero attached hydrogens (tertiary/aromatic N) is 2. The normalized spacial score (nSPS) is 12.5. The standard InChI is InChI=1S/C13H17N3O3/c1-2-3-4-9(14)13-15-12(16-19-13)8-5-6-10(17)11(18)7-8/h5-7,9,17-18H,2-4,14H2,1H3/t9-/m0/s1. The highest BCUT2D eigenvalue weighted by Gasteiger charge is 2.15. The Bertz CT molecular complexity index is 554. The third kappa shape index (κ3) is 3.03. The SMILES string of the molecule is CCCC[C@H](N)c1nc(-c2ccc(O)c(O)c2)no1. The van der Waals surface area contributed by atoms with Crippen molar-refractivity contribution >= 4 is 0 Å². The van der Waals surface area contributed by atoms with Gasteiger partial charge in [-0.05, 0) is 24.6 Å². The first-order chi connectivity index (χ1) is 9.11. The van der Waals surface area contributed by atoms with Crippen molar-refractivity contribution in [3.63, 3.8) is 0 Å². The van der Waals surface area contributed by atoms with Crippen LogP contribution in [0.4, 0.5) is 0 Å². The molecule has 102 valence electrons. The lowest BCUT2D eigenvalue weighted by Crippen LogP contribution is -2.10. The Kier molecular flexibility index (Phi) is 4.01. The van der Waals surface area contributed by atoms with Crippen LogP contribution in [-0.2, 0) is 0 Å². The van der Waals surface area contributed by atoms with Gasteiger partial charge in [-0.2, -0.15) is 4.98 Å². The molecular weight excluding hydrogens is 246 g/mol. The average molecular weight is 263 g/mol. The molecule has 0 radical (unpaired) electrons. The molecule has 0 saturated heterocycles. The van der Waals surface area contributed by atoms with Gasteiger partial charge in [0.15, 0.2) is 11.5 Å². The molecule has 19 heavy (non-hydrogen) atoms. The molecule has 2 rings (SSSR count). The first-order valence-corrected chi connectivity index (χ1v) is 6.23. The zero-order valence-corrected chi connectivity index (χ0v) is 10.7. The Morgan fingerprint density at radius 3 is 2.79 bits per heavy atom. The molecule has 4 N–H and O–H groups in total. The molecule has 1 heterocycles. The third-order valence-corrected chi connectivity index (χ3v) is 2.86. The Balaban J connectivity index is 2.18. The van der Waals surface area contributed by atoms with E-state index in [1.807, 2.05) is 0 Å². The molecule has 1 aromatic carbocycles. The molecule has 0 bridgehead atoms. The number of aromatic nitrogens is 2. The molecular formula is C13H17N3O3. The van der Waals surface area contributed by atoms with E-state index in [0.717, 1.165) is 19.3 Å². The van der Waals surface area contributed by atoms with Crippen LogP contribution < -0.4 is 5.73 Å². The second kappa shape index (κ2) is 5.71. The maximum atomic E-state index is 9.43. The van der Waals surface area contributed by atoms with E-state index in [1.165, 1.54) is 12.1 Å². The van der Waals surface area contributed by atoms with Gasteiger partial charge in [0.1, 0.15) is 0 Å². The predicted octanol–water partition coefficient (Wildman–Crippen LogP) is 2.34. The van der Waals surface area contributed by atoms with Crippen LogP contribution in [0.25, 0.3) is 11.4 Å². The van der Waals surface area contributed by atoms with Crippen molar-refractivity contribution in [2.24, 2.45) is 5.73 Å². The lowest BCUT2D eigenvalue weighted by molar-refractivity contribution is 0.346. The van der Waals surface area contributed by atoms with E-state index in [4.69, 9.17) is 10.3 Å². The molecule has 0 aliphatic heterocycles. The zero-order valence-electron chi connectivity index (χ0n) is 10.7. The van der Waals surface area contributed by atoms with E-state index < -0.39 is 0 Å². The molecule has 0 aliphatic rings. The number of nitrogens with two attached hydrogens (primary N) is 1. The second-order valence-electron chi connectivity index (χ2n) is 4.41. The molecule has 0 amide bonds. The minimum atomic E-state index is -0.271. The van der Waals surface area contributed by atoms with Gasteiger partial charge in [0.05, 0.1) is 6.04 Å². The predicted molar refractivity (Wildman–Crippen MR) is 69.5 cm³/mol. The van der Waals surface area contributed by atoms with Crippen molar-refractivity contribution in [1.29, 1.82) is 0 Å². The summed E-state index contributed by atoms with van der Waals surface area (Å²) < 4.78 is 5.12. The Hall–Kier alpha value is -2.08. The van der Waals surface area contributed by atoms with Gasteiger partial charge in [-0.15, -0.1) is 0 Å². The number of hydrogen-bond donors (Lipinski definition) is 3. The van der Waals surface area contributed by atoms with E-state index >= 15 is 0 Å². The fraction of sp³-hybridized carbons (Fsp3) is 0.385. The maximum absolute atomic E-state index is 9.43. The molecule has 6 heteroatoms. The number of benzene rings is 1. The van der Waals surface area contributed by atoms with Gasteiger partial charge in [-0.1, -0.05) is 24.9 Å². The number of aromatic hydroxyl groups is 2. The fourth-order valence-electron chi connectivity index (χ4n) is 1.71. The average Bonchev–Trinajstić information content (AvgIpc) is 2.89. The summed E-state index contributed by atoms with van der Waals surface area (Å²) in [6.07, 6.45) is 2.85. The van der Waals surface area contributed by atoms with Gasteiger partial charge in [-0.3, -0.25) is 0 Å². The maximum Gasteiger partial charge on any atom is 0.243 e. The van der Waals surface area contributed by atoms with Gasteiger partial charge in [-0.25, -0.2) is 0 Å². The van der Waals surface area contributed by atoms with Crippen LogP contribution in [0.15, 0.2) is 22.7 Å². The molecule has 1 aromatic heterocycles. The molecule has 1 atom stereocenters. The highest BCUT2D eigenvalue weighted by molar-refractivity contribution is 5.59. The zero-order chi connectivity index (χ0) is 13.8. The summed E-state index contributed by atoms with van der Waals surface area (Å²) in [4.78, 5) is 4.21. The molecule has 0 fully saturated rings. The fourth-order valence-corrected chi connectivity index (χ4v) is 1.71. The summed E-state index contributed by atoms with van der Waals surface area (Å²) >= 11 is 0. The van der Waals surface area contributed by atoms with Crippen LogP contribution in [0.2, 0.25) is 0 Å². The highest BCUT2D eigenvalue weighted by Crippen LogP contribution is 2.29. The topological polar surface area (TPSA) is 105 Å². The van der Waals surface area contributed by atoms with E-state index in [9.17, 15) is 10.2 Å². The summed E-state index contributed by atoms with van der Waals surface area (Å²) in [5.41, 5.74) is 6.50. The van der Waals surface area contributed by atoms with Crippen LogP contribution in [0.5, 0.6) is 11.5 Å². The van der Waals surface area contributed by atoms with E-state index in [2.05, 4.69) is 17.1 Å². The van der Waals surface area contributed by atoms with E-state index in [-0.39, 0.29) is 17.5 Å². The summed E-state index contributed by atoms with van der Waals surface area (Å²) in [6, 6.07) is 4.08.